The molecule has 136 valence electrons. The third-order valence-electron chi connectivity index (χ3n) is 3.65. The van der Waals surface area contributed by atoms with Crippen LogP contribution in [-0.4, -0.2) is 40.8 Å². The van der Waals surface area contributed by atoms with Gasteiger partial charge in [0.05, 0.1) is 19.2 Å². The first kappa shape index (κ1) is 19.0. The third kappa shape index (κ3) is 4.85. The van der Waals surface area contributed by atoms with Crippen LogP contribution >= 0.6 is 11.8 Å². The fraction of sp³-hybridized carbons (Fsp3) is 0.500. The number of nitrogens with zero attached hydrogens (tertiary/aromatic N) is 2. The first-order valence-corrected chi connectivity index (χ1v) is 8.86. The minimum absolute atomic E-state index is 0.267. The molecule has 0 spiro atoms. The van der Waals surface area contributed by atoms with Crippen molar-refractivity contribution < 1.29 is 19.2 Å². The smallest absolute Gasteiger partial charge is 0.339 e. The topological polar surface area (TPSA) is 113 Å². The van der Waals surface area contributed by atoms with Crippen molar-refractivity contribution in [2.45, 2.75) is 38.8 Å². The van der Waals surface area contributed by atoms with E-state index in [-0.39, 0.29) is 5.91 Å². The third-order valence-corrected chi connectivity index (χ3v) is 4.81. The van der Waals surface area contributed by atoms with Gasteiger partial charge in [0.15, 0.2) is 0 Å². The standard InChI is InChI=1S/C16H21N3O5S/c1-4-5-11(13-6-10(23-3)7-14(20)24-13)17-15(21)12-8-25-16(18-12)9(2)19-22/h6-7,11-12,22H,4-5,8H2,1-3H3,(H,17,21)/b19-9+/t11-,12+/m1/s1. The molecular weight excluding hydrogens is 346 g/mol. The quantitative estimate of drug-likeness (QED) is 0.433. The minimum Gasteiger partial charge on any atom is -0.496 e. The average Bonchev–Trinajstić information content (AvgIpc) is 3.10. The lowest BCUT2D eigenvalue weighted by Crippen LogP contribution is -2.37. The summed E-state index contributed by atoms with van der Waals surface area (Å²) in [5, 5.41) is 15.3. The maximum absolute atomic E-state index is 12.5. The lowest BCUT2D eigenvalue weighted by atomic mass is 10.1. The van der Waals surface area contributed by atoms with Crippen LogP contribution in [0.25, 0.3) is 0 Å². The van der Waals surface area contributed by atoms with E-state index in [9.17, 15) is 9.59 Å². The van der Waals surface area contributed by atoms with Crippen LogP contribution in [-0.2, 0) is 4.79 Å². The molecule has 0 radical (unpaired) electrons. The molecule has 25 heavy (non-hydrogen) atoms. The van der Waals surface area contributed by atoms with Gasteiger partial charge in [-0.25, -0.2) is 4.79 Å². The Morgan fingerprint density at radius 3 is 3.00 bits per heavy atom. The van der Waals surface area contributed by atoms with Crippen LogP contribution in [0.2, 0.25) is 0 Å². The molecule has 1 aliphatic rings. The van der Waals surface area contributed by atoms with Crippen molar-refractivity contribution in [1.29, 1.82) is 0 Å². The highest BCUT2D eigenvalue weighted by atomic mass is 32.2. The van der Waals surface area contributed by atoms with Gasteiger partial charge >= 0.3 is 5.63 Å². The molecule has 8 nitrogen and oxygen atoms in total. The molecule has 2 heterocycles. The molecule has 1 aliphatic heterocycles. The number of ether oxygens (including phenoxy) is 1. The molecule has 1 aromatic rings. The molecule has 1 amide bonds. The van der Waals surface area contributed by atoms with Crippen LogP contribution in [0.5, 0.6) is 5.75 Å². The van der Waals surface area contributed by atoms with Gasteiger partial charge in [-0.3, -0.25) is 9.79 Å². The number of hydrogen-bond donors (Lipinski definition) is 2. The van der Waals surface area contributed by atoms with Gasteiger partial charge in [-0.2, -0.15) is 0 Å². The van der Waals surface area contributed by atoms with E-state index in [1.165, 1.54) is 24.9 Å². The molecule has 0 saturated carbocycles. The van der Waals surface area contributed by atoms with Gasteiger partial charge in [0, 0.05) is 11.8 Å². The summed E-state index contributed by atoms with van der Waals surface area (Å²) in [6.07, 6.45) is 1.39. The van der Waals surface area contributed by atoms with Crippen LogP contribution in [0, 0.1) is 0 Å². The molecule has 0 aliphatic carbocycles. The first-order valence-electron chi connectivity index (χ1n) is 7.87. The van der Waals surface area contributed by atoms with E-state index >= 15 is 0 Å². The molecule has 2 atom stereocenters. The average molecular weight is 367 g/mol. The second-order valence-electron chi connectivity index (χ2n) is 5.51. The summed E-state index contributed by atoms with van der Waals surface area (Å²) in [5.41, 5.74) is -0.152. The van der Waals surface area contributed by atoms with Crippen molar-refractivity contribution in [3.63, 3.8) is 0 Å². The Kier molecular flexibility index (Phi) is 6.63. The number of nitrogens with one attached hydrogen (secondary N) is 1. The van der Waals surface area contributed by atoms with Gasteiger partial charge in [-0.1, -0.05) is 18.5 Å². The Bertz CT molecular complexity index is 744. The molecule has 0 fully saturated rings. The van der Waals surface area contributed by atoms with Crippen LogP contribution in [0.3, 0.4) is 0 Å². The Hall–Kier alpha value is -2.29. The first-order chi connectivity index (χ1) is 12.0. The molecule has 2 rings (SSSR count). The molecule has 1 aromatic heterocycles. The van der Waals surface area contributed by atoms with E-state index < -0.39 is 17.7 Å². The van der Waals surface area contributed by atoms with E-state index in [0.29, 0.717) is 34.4 Å². The van der Waals surface area contributed by atoms with Crippen molar-refractivity contribution in [3.8, 4) is 5.75 Å². The lowest BCUT2D eigenvalue weighted by Gasteiger charge is -2.18. The number of aliphatic imine (C=N–C) groups is 1. The Labute approximate surface area is 149 Å². The van der Waals surface area contributed by atoms with Gasteiger partial charge in [0.25, 0.3) is 0 Å². The summed E-state index contributed by atoms with van der Waals surface area (Å²) < 4.78 is 10.3. The summed E-state index contributed by atoms with van der Waals surface area (Å²) in [6.45, 7) is 3.59. The summed E-state index contributed by atoms with van der Waals surface area (Å²) in [5.74, 6) is 0.933. The summed E-state index contributed by atoms with van der Waals surface area (Å²) in [4.78, 5) is 28.4. The number of carbonyl (C=O) groups excluding carboxylic acids is 1. The monoisotopic (exact) mass is 367 g/mol. The number of oxime groups is 1. The number of hydrogen-bond acceptors (Lipinski definition) is 8. The van der Waals surface area contributed by atoms with Crippen molar-refractivity contribution in [2.75, 3.05) is 12.9 Å². The van der Waals surface area contributed by atoms with E-state index in [0.717, 1.165) is 6.42 Å². The number of amides is 1. The second-order valence-corrected chi connectivity index (χ2v) is 6.52. The van der Waals surface area contributed by atoms with E-state index in [1.54, 1.807) is 13.0 Å². The minimum atomic E-state index is -0.576. The van der Waals surface area contributed by atoms with Crippen molar-refractivity contribution in [2.24, 2.45) is 10.1 Å². The predicted molar refractivity (Wildman–Crippen MR) is 95.9 cm³/mol. The molecule has 9 heteroatoms. The van der Waals surface area contributed by atoms with Crippen molar-refractivity contribution in [1.82, 2.24) is 5.32 Å². The van der Waals surface area contributed by atoms with Crippen LogP contribution in [0.1, 0.15) is 38.5 Å². The zero-order valence-corrected chi connectivity index (χ0v) is 15.1. The molecule has 2 N–H and O–H groups in total. The lowest BCUT2D eigenvalue weighted by molar-refractivity contribution is -0.122. The maximum atomic E-state index is 12.5. The maximum Gasteiger partial charge on any atom is 0.339 e. The normalized spacial score (nSPS) is 18.6. The number of carbonyl (C=O) groups is 1. The number of methoxy groups -OCH3 is 1. The van der Waals surface area contributed by atoms with Gasteiger partial charge < -0.3 is 19.7 Å². The van der Waals surface area contributed by atoms with Crippen molar-refractivity contribution in [3.05, 3.63) is 28.3 Å². The molecule has 0 saturated heterocycles. The molecule has 0 aromatic carbocycles. The Morgan fingerprint density at radius 1 is 1.60 bits per heavy atom. The Morgan fingerprint density at radius 2 is 2.36 bits per heavy atom. The largest absolute Gasteiger partial charge is 0.496 e. The highest BCUT2D eigenvalue weighted by Gasteiger charge is 2.29. The predicted octanol–water partition coefficient (Wildman–Crippen LogP) is 1.97. The number of thioether (sulfide) groups is 1. The zero-order chi connectivity index (χ0) is 18.4. The van der Waals surface area contributed by atoms with Crippen LogP contribution in [0.15, 0.2) is 31.5 Å². The van der Waals surface area contributed by atoms with Gasteiger partial charge in [-0.15, -0.1) is 11.8 Å². The van der Waals surface area contributed by atoms with Gasteiger partial charge in [0.1, 0.15) is 28.3 Å². The summed E-state index contributed by atoms with van der Waals surface area (Å²) in [7, 11) is 1.46. The van der Waals surface area contributed by atoms with E-state index in [4.69, 9.17) is 14.4 Å². The highest BCUT2D eigenvalue weighted by molar-refractivity contribution is 8.16. The Balaban J connectivity index is 2.17. The summed E-state index contributed by atoms with van der Waals surface area (Å²) in [6, 6.07) is 1.82. The van der Waals surface area contributed by atoms with Crippen LogP contribution in [0.4, 0.5) is 0 Å². The van der Waals surface area contributed by atoms with Crippen LogP contribution < -0.4 is 15.7 Å². The van der Waals surface area contributed by atoms with E-state index in [1.807, 2.05) is 6.92 Å². The van der Waals surface area contributed by atoms with Crippen molar-refractivity contribution >= 4 is 28.4 Å². The van der Waals surface area contributed by atoms with Gasteiger partial charge in [0.2, 0.25) is 5.91 Å². The molecule has 0 unspecified atom stereocenters. The fourth-order valence-electron chi connectivity index (χ4n) is 2.35. The SMILES string of the molecule is CCC[C@@H](NC(=O)[C@@H]1CSC(/C(C)=N/O)=N1)c1cc(OC)cc(=O)o1. The molecular formula is C16H21N3O5S. The molecule has 0 bridgehead atoms. The second kappa shape index (κ2) is 8.70. The summed E-state index contributed by atoms with van der Waals surface area (Å²) >= 11 is 1.36. The fourth-order valence-corrected chi connectivity index (χ4v) is 3.35. The number of rotatable bonds is 7. The zero-order valence-electron chi connectivity index (χ0n) is 14.3. The highest BCUT2D eigenvalue weighted by Crippen LogP contribution is 2.24. The van der Waals surface area contributed by atoms with Gasteiger partial charge in [-0.05, 0) is 13.3 Å². The van der Waals surface area contributed by atoms with E-state index in [2.05, 4.69) is 15.5 Å².